The highest BCUT2D eigenvalue weighted by molar-refractivity contribution is 5.79. The molecule has 0 saturated carbocycles. The number of nitrogens with zero attached hydrogens (tertiary/aromatic N) is 3. The molecule has 0 radical (unpaired) electrons. The Bertz CT molecular complexity index is 662. The predicted octanol–water partition coefficient (Wildman–Crippen LogP) is 1.90. The lowest BCUT2D eigenvalue weighted by molar-refractivity contribution is -0.138. The van der Waals surface area contributed by atoms with Gasteiger partial charge in [0.2, 0.25) is 5.91 Å². The third kappa shape index (κ3) is 4.29. The number of piperidine rings is 2. The Hall–Kier alpha value is -1.69. The van der Waals surface area contributed by atoms with E-state index < -0.39 is 0 Å². The zero-order valence-electron chi connectivity index (χ0n) is 15.6. The number of aromatic nitrogens is 2. The quantitative estimate of drug-likeness (QED) is 0.908. The minimum absolute atomic E-state index is 0.105. The summed E-state index contributed by atoms with van der Waals surface area (Å²) < 4.78 is 0. The number of likely N-dealkylation sites (tertiary alicyclic amines) is 2. The van der Waals surface area contributed by atoms with E-state index >= 15 is 0 Å². The van der Waals surface area contributed by atoms with Crippen molar-refractivity contribution in [1.82, 2.24) is 19.8 Å². The number of carbonyl (C=O) groups excluding carboxylic acids is 1. The van der Waals surface area contributed by atoms with E-state index in [0.717, 1.165) is 51.0 Å². The smallest absolute Gasteiger partial charge is 0.251 e. The third-order valence-corrected chi connectivity index (χ3v) is 5.64. The zero-order valence-corrected chi connectivity index (χ0v) is 15.6. The Morgan fingerprint density at radius 1 is 1.24 bits per heavy atom. The number of aromatic amines is 1. The summed E-state index contributed by atoms with van der Waals surface area (Å²) in [4.78, 5) is 36.3. The van der Waals surface area contributed by atoms with Gasteiger partial charge in [0.1, 0.15) is 5.82 Å². The first-order chi connectivity index (χ1) is 11.9. The largest absolute Gasteiger partial charge is 0.342 e. The Balaban J connectivity index is 1.63. The summed E-state index contributed by atoms with van der Waals surface area (Å²) in [6.07, 6.45) is 3.89. The number of carbonyl (C=O) groups is 1. The molecule has 0 spiro atoms. The molecule has 1 aromatic heterocycles. The standard InChI is InChI=1S/C19H30N4O2/c1-13(2)22-9-6-15(7-10-22)19(25)23-8-4-5-16(12-23)17-11-18(24)21-14(3)20-17/h11,13,15-16H,4-10,12H2,1-3H3,(H,20,21,24)/t16-/m1/s1. The summed E-state index contributed by atoms with van der Waals surface area (Å²) in [6, 6.07) is 2.15. The Labute approximate surface area is 149 Å². The number of amides is 1. The summed E-state index contributed by atoms with van der Waals surface area (Å²) >= 11 is 0. The van der Waals surface area contributed by atoms with Crippen LogP contribution in [0.3, 0.4) is 0 Å². The topological polar surface area (TPSA) is 69.3 Å². The molecule has 0 unspecified atom stereocenters. The van der Waals surface area contributed by atoms with Gasteiger partial charge in [-0.05, 0) is 59.5 Å². The van der Waals surface area contributed by atoms with E-state index in [9.17, 15) is 9.59 Å². The van der Waals surface area contributed by atoms with Crippen LogP contribution in [0.5, 0.6) is 0 Å². The van der Waals surface area contributed by atoms with Crippen molar-refractivity contribution >= 4 is 5.91 Å². The number of nitrogens with one attached hydrogen (secondary N) is 1. The van der Waals surface area contributed by atoms with Crippen LogP contribution in [-0.4, -0.2) is 57.9 Å². The molecule has 0 aliphatic carbocycles. The van der Waals surface area contributed by atoms with E-state index in [1.807, 2.05) is 4.90 Å². The molecule has 0 aromatic carbocycles. The summed E-state index contributed by atoms with van der Waals surface area (Å²) in [7, 11) is 0. The fourth-order valence-corrected chi connectivity index (χ4v) is 4.15. The third-order valence-electron chi connectivity index (χ3n) is 5.64. The molecule has 2 aliphatic heterocycles. The number of hydrogen-bond acceptors (Lipinski definition) is 4. The van der Waals surface area contributed by atoms with Crippen molar-refractivity contribution in [1.29, 1.82) is 0 Å². The monoisotopic (exact) mass is 346 g/mol. The molecule has 1 aromatic rings. The minimum atomic E-state index is -0.105. The Morgan fingerprint density at radius 2 is 1.96 bits per heavy atom. The van der Waals surface area contributed by atoms with Gasteiger partial charge in [-0.15, -0.1) is 0 Å². The molecule has 1 N–H and O–H groups in total. The van der Waals surface area contributed by atoms with Gasteiger partial charge in [-0.25, -0.2) is 4.98 Å². The Morgan fingerprint density at radius 3 is 2.60 bits per heavy atom. The second-order valence-electron chi connectivity index (χ2n) is 7.78. The van der Waals surface area contributed by atoms with Gasteiger partial charge in [0, 0.05) is 37.0 Å². The normalized spacial score (nSPS) is 23.2. The van der Waals surface area contributed by atoms with E-state index in [0.29, 0.717) is 24.3 Å². The maximum Gasteiger partial charge on any atom is 0.251 e. The molecule has 25 heavy (non-hydrogen) atoms. The summed E-state index contributed by atoms with van der Waals surface area (Å²) in [5, 5.41) is 0. The first kappa shape index (κ1) is 18.1. The lowest BCUT2D eigenvalue weighted by Gasteiger charge is -2.38. The lowest BCUT2D eigenvalue weighted by atomic mass is 9.90. The molecule has 0 bridgehead atoms. The molecule has 3 heterocycles. The fourth-order valence-electron chi connectivity index (χ4n) is 4.15. The van der Waals surface area contributed by atoms with Crippen LogP contribution in [0.15, 0.2) is 10.9 Å². The van der Waals surface area contributed by atoms with Crippen LogP contribution in [0.2, 0.25) is 0 Å². The molecule has 1 atom stereocenters. The van der Waals surface area contributed by atoms with Gasteiger partial charge in [-0.3, -0.25) is 9.59 Å². The van der Waals surface area contributed by atoms with Gasteiger partial charge in [-0.2, -0.15) is 0 Å². The van der Waals surface area contributed by atoms with Crippen molar-refractivity contribution in [3.63, 3.8) is 0 Å². The molecule has 138 valence electrons. The first-order valence-electron chi connectivity index (χ1n) is 9.54. The van der Waals surface area contributed by atoms with Crippen molar-refractivity contribution in [2.24, 2.45) is 5.92 Å². The van der Waals surface area contributed by atoms with Gasteiger partial charge in [0.25, 0.3) is 5.56 Å². The van der Waals surface area contributed by atoms with Crippen LogP contribution in [0, 0.1) is 12.8 Å². The van der Waals surface area contributed by atoms with Gasteiger partial charge in [-0.1, -0.05) is 0 Å². The summed E-state index contributed by atoms with van der Waals surface area (Å²) in [5.74, 6) is 1.28. The molecular formula is C19H30N4O2. The highest BCUT2D eigenvalue weighted by Crippen LogP contribution is 2.28. The number of H-pyrrole nitrogens is 1. The SMILES string of the molecule is Cc1nc([C@@H]2CCCN(C(=O)C3CCN(C(C)C)CC3)C2)cc(=O)[nH]1. The van der Waals surface area contributed by atoms with Gasteiger partial charge in [0.05, 0.1) is 5.69 Å². The first-order valence-corrected chi connectivity index (χ1v) is 9.54. The summed E-state index contributed by atoms with van der Waals surface area (Å²) in [6.45, 7) is 9.79. The fraction of sp³-hybridized carbons (Fsp3) is 0.737. The van der Waals surface area contributed by atoms with Gasteiger partial charge < -0.3 is 14.8 Å². The zero-order chi connectivity index (χ0) is 18.0. The molecule has 2 fully saturated rings. The van der Waals surface area contributed by atoms with Crippen LogP contribution in [0.1, 0.15) is 57.0 Å². The van der Waals surface area contributed by atoms with Crippen molar-refractivity contribution in [3.8, 4) is 0 Å². The maximum atomic E-state index is 13.0. The molecule has 6 nitrogen and oxygen atoms in total. The summed E-state index contributed by atoms with van der Waals surface area (Å²) in [5.41, 5.74) is 0.723. The number of hydrogen-bond donors (Lipinski definition) is 1. The lowest BCUT2D eigenvalue weighted by Crippen LogP contribution is -2.47. The maximum absolute atomic E-state index is 13.0. The molecular weight excluding hydrogens is 316 g/mol. The van der Waals surface area contributed by atoms with Crippen molar-refractivity contribution in [3.05, 3.63) is 27.9 Å². The van der Waals surface area contributed by atoms with E-state index in [1.165, 1.54) is 0 Å². The van der Waals surface area contributed by atoms with Crippen LogP contribution >= 0.6 is 0 Å². The van der Waals surface area contributed by atoms with Crippen molar-refractivity contribution in [2.45, 2.75) is 58.4 Å². The minimum Gasteiger partial charge on any atom is -0.342 e. The highest BCUT2D eigenvalue weighted by Gasteiger charge is 2.32. The Kier molecular flexibility index (Phi) is 5.57. The molecule has 6 heteroatoms. The van der Waals surface area contributed by atoms with Crippen LogP contribution < -0.4 is 5.56 Å². The van der Waals surface area contributed by atoms with Crippen molar-refractivity contribution in [2.75, 3.05) is 26.2 Å². The number of aryl methyl sites for hydroxylation is 1. The van der Waals surface area contributed by atoms with E-state index in [2.05, 4.69) is 28.7 Å². The van der Waals surface area contributed by atoms with E-state index in [-0.39, 0.29) is 17.4 Å². The average Bonchev–Trinajstić information content (AvgIpc) is 2.60. The molecule has 3 rings (SSSR count). The van der Waals surface area contributed by atoms with Gasteiger partial charge >= 0.3 is 0 Å². The average molecular weight is 346 g/mol. The van der Waals surface area contributed by atoms with Crippen LogP contribution in [0.25, 0.3) is 0 Å². The van der Waals surface area contributed by atoms with Crippen LogP contribution in [0.4, 0.5) is 0 Å². The van der Waals surface area contributed by atoms with E-state index in [1.54, 1.807) is 13.0 Å². The van der Waals surface area contributed by atoms with E-state index in [4.69, 9.17) is 0 Å². The van der Waals surface area contributed by atoms with Crippen LogP contribution in [-0.2, 0) is 4.79 Å². The second kappa shape index (κ2) is 7.68. The predicted molar refractivity (Wildman–Crippen MR) is 97.6 cm³/mol. The molecule has 2 aliphatic rings. The second-order valence-corrected chi connectivity index (χ2v) is 7.78. The van der Waals surface area contributed by atoms with Gasteiger partial charge in [0.15, 0.2) is 0 Å². The molecule has 2 saturated heterocycles. The number of rotatable bonds is 3. The highest BCUT2D eigenvalue weighted by atomic mass is 16.2. The van der Waals surface area contributed by atoms with Crippen molar-refractivity contribution < 1.29 is 4.79 Å². The molecule has 1 amide bonds.